The highest BCUT2D eigenvalue weighted by molar-refractivity contribution is 8.00. The first-order valence-electron chi connectivity index (χ1n) is 6.56. The van der Waals surface area contributed by atoms with E-state index in [1.54, 1.807) is 6.07 Å². The Morgan fingerprint density at radius 3 is 2.63 bits per heavy atom. The van der Waals surface area contributed by atoms with Gasteiger partial charge < -0.3 is 0 Å². The van der Waals surface area contributed by atoms with Gasteiger partial charge in [0.25, 0.3) is 0 Å². The van der Waals surface area contributed by atoms with Crippen molar-refractivity contribution >= 4 is 17.5 Å². The van der Waals surface area contributed by atoms with Crippen LogP contribution in [-0.4, -0.2) is 16.3 Å². The summed E-state index contributed by atoms with van der Waals surface area (Å²) in [7, 11) is 0. The third-order valence-corrected chi connectivity index (χ3v) is 5.66. The van der Waals surface area contributed by atoms with E-state index in [4.69, 9.17) is 5.26 Å². The zero-order valence-electron chi connectivity index (χ0n) is 10.4. The van der Waals surface area contributed by atoms with Crippen molar-refractivity contribution < 1.29 is 9.18 Å². The molecule has 2 fully saturated rings. The fourth-order valence-corrected chi connectivity index (χ4v) is 4.85. The Bertz CT molecular complexity index is 554. The summed E-state index contributed by atoms with van der Waals surface area (Å²) in [6.45, 7) is 0. The zero-order valence-corrected chi connectivity index (χ0v) is 11.3. The number of benzene rings is 1. The van der Waals surface area contributed by atoms with Crippen LogP contribution in [0.2, 0.25) is 0 Å². The van der Waals surface area contributed by atoms with Gasteiger partial charge in [0.1, 0.15) is 11.9 Å². The number of ketones is 1. The number of nitrogens with zero attached hydrogens (tertiary/aromatic N) is 1. The van der Waals surface area contributed by atoms with Crippen molar-refractivity contribution in [2.24, 2.45) is 5.92 Å². The van der Waals surface area contributed by atoms with E-state index in [-0.39, 0.29) is 17.3 Å². The maximum Gasteiger partial charge on any atom is 0.166 e. The smallest absolute Gasteiger partial charge is 0.166 e. The summed E-state index contributed by atoms with van der Waals surface area (Å²) >= 11 is 2.01. The molecule has 0 aliphatic carbocycles. The Hall–Kier alpha value is -1.34. The van der Waals surface area contributed by atoms with E-state index in [1.807, 2.05) is 11.8 Å². The normalized spacial score (nSPS) is 28.9. The lowest BCUT2D eigenvalue weighted by atomic mass is 9.90. The molecular weight excluding hydrogens is 261 g/mol. The molecule has 0 amide bonds. The maximum atomic E-state index is 13.3. The van der Waals surface area contributed by atoms with Gasteiger partial charge in [0.2, 0.25) is 0 Å². The van der Waals surface area contributed by atoms with Gasteiger partial charge in [0.05, 0.1) is 5.56 Å². The molecule has 0 radical (unpaired) electrons. The van der Waals surface area contributed by atoms with Crippen LogP contribution in [0.5, 0.6) is 0 Å². The van der Waals surface area contributed by atoms with Crippen molar-refractivity contribution in [1.29, 1.82) is 5.26 Å². The molecular formula is C15H14FNOS. The minimum Gasteiger partial charge on any atom is -0.294 e. The molecule has 1 aromatic carbocycles. The van der Waals surface area contributed by atoms with Gasteiger partial charge in [-0.25, -0.2) is 4.39 Å². The first-order chi connectivity index (χ1) is 9.17. The molecule has 2 atom stereocenters. The summed E-state index contributed by atoms with van der Waals surface area (Å²) in [4.78, 5) is 12.5. The predicted octanol–water partition coefficient (Wildman–Crippen LogP) is 3.55. The quantitative estimate of drug-likeness (QED) is 0.775. The van der Waals surface area contributed by atoms with Gasteiger partial charge in [-0.2, -0.15) is 17.0 Å². The van der Waals surface area contributed by atoms with Crippen molar-refractivity contribution in [2.75, 3.05) is 0 Å². The SMILES string of the molecule is N#Cc1cc(C(=O)C2CC3CCC(C2)S3)ccc1F. The second-order valence-electron chi connectivity index (χ2n) is 5.30. The summed E-state index contributed by atoms with van der Waals surface area (Å²) in [5.41, 5.74) is 0.438. The molecule has 4 heteroatoms. The van der Waals surface area contributed by atoms with Crippen LogP contribution in [0.4, 0.5) is 4.39 Å². The van der Waals surface area contributed by atoms with E-state index in [1.165, 1.54) is 31.0 Å². The number of nitriles is 1. The molecule has 0 spiro atoms. The molecule has 2 bridgehead atoms. The lowest BCUT2D eigenvalue weighted by Gasteiger charge is -2.26. The van der Waals surface area contributed by atoms with Gasteiger partial charge in [-0.3, -0.25) is 4.79 Å². The second kappa shape index (κ2) is 4.97. The number of halogens is 1. The monoisotopic (exact) mass is 275 g/mol. The number of Topliss-reactive ketones (excluding diaryl/α,β-unsaturated/α-hetero) is 1. The fourth-order valence-electron chi connectivity index (χ4n) is 3.07. The van der Waals surface area contributed by atoms with Gasteiger partial charge in [-0.05, 0) is 43.9 Å². The van der Waals surface area contributed by atoms with Crippen LogP contribution < -0.4 is 0 Å². The van der Waals surface area contributed by atoms with E-state index in [2.05, 4.69) is 0 Å². The number of carbonyl (C=O) groups excluding carboxylic acids is 1. The predicted molar refractivity (Wildman–Crippen MR) is 72.6 cm³/mol. The second-order valence-corrected chi connectivity index (χ2v) is 6.90. The molecule has 19 heavy (non-hydrogen) atoms. The summed E-state index contributed by atoms with van der Waals surface area (Å²) in [5, 5.41) is 10.1. The van der Waals surface area contributed by atoms with Crippen LogP contribution in [0.1, 0.15) is 41.6 Å². The van der Waals surface area contributed by atoms with Gasteiger partial charge in [-0.1, -0.05) is 0 Å². The van der Waals surface area contributed by atoms with Crippen LogP contribution in [0, 0.1) is 23.1 Å². The van der Waals surface area contributed by atoms with Crippen LogP contribution >= 0.6 is 11.8 Å². The molecule has 0 N–H and O–H groups in total. The highest BCUT2D eigenvalue weighted by Crippen LogP contribution is 2.46. The van der Waals surface area contributed by atoms with Gasteiger partial charge >= 0.3 is 0 Å². The lowest BCUT2D eigenvalue weighted by Crippen LogP contribution is -2.24. The van der Waals surface area contributed by atoms with Gasteiger partial charge in [-0.15, -0.1) is 0 Å². The topological polar surface area (TPSA) is 40.9 Å². The Kier molecular flexibility index (Phi) is 3.32. The van der Waals surface area contributed by atoms with Crippen LogP contribution in [0.3, 0.4) is 0 Å². The zero-order chi connectivity index (χ0) is 13.4. The average molecular weight is 275 g/mol. The Balaban J connectivity index is 1.82. The number of rotatable bonds is 2. The van der Waals surface area contributed by atoms with Crippen molar-refractivity contribution in [3.8, 4) is 6.07 Å². The Morgan fingerprint density at radius 1 is 1.32 bits per heavy atom. The molecule has 2 heterocycles. The molecule has 98 valence electrons. The number of hydrogen-bond acceptors (Lipinski definition) is 3. The van der Waals surface area contributed by atoms with Crippen molar-refractivity contribution in [3.63, 3.8) is 0 Å². The molecule has 3 rings (SSSR count). The molecule has 0 saturated carbocycles. The Labute approximate surface area is 116 Å². The van der Waals surface area contributed by atoms with Crippen molar-refractivity contribution in [3.05, 3.63) is 35.1 Å². The third-order valence-electron chi connectivity index (χ3n) is 4.03. The van der Waals surface area contributed by atoms with Crippen molar-refractivity contribution in [2.45, 2.75) is 36.2 Å². The molecule has 1 aromatic rings. The van der Waals surface area contributed by atoms with Crippen LogP contribution in [-0.2, 0) is 0 Å². The first-order valence-corrected chi connectivity index (χ1v) is 7.51. The molecule has 2 aliphatic rings. The Morgan fingerprint density at radius 2 is 2.00 bits per heavy atom. The standard InChI is InChI=1S/C15H14FNOS/c16-14-4-1-9(5-11(14)8-17)15(18)10-6-12-2-3-13(7-10)19-12/h1,4-5,10,12-13H,2-3,6-7H2. The lowest BCUT2D eigenvalue weighted by molar-refractivity contribution is 0.0907. The highest BCUT2D eigenvalue weighted by Gasteiger charge is 2.37. The van der Waals surface area contributed by atoms with Gasteiger partial charge in [0.15, 0.2) is 5.78 Å². The van der Waals surface area contributed by atoms with E-state index in [9.17, 15) is 9.18 Å². The van der Waals surface area contributed by atoms with E-state index in [0.29, 0.717) is 16.1 Å². The third kappa shape index (κ3) is 2.40. The summed E-state index contributed by atoms with van der Waals surface area (Å²) < 4.78 is 13.3. The molecule has 0 aromatic heterocycles. The number of carbonyl (C=O) groups is 1. The number of fused-ring (bicyclic) bond motifs is 2. The summed E-state index contributed by atoms with van der Waals surface area (Å²) in [5.74, 6) is -0.428. The fraction of sp³-hybridized carbons (Fsp3) is 0.467. The van der Waals surface area contributed by atoms with Gasteiger partial charge in [0, 0.05) is 22.0 Å². The minimum atomic E-state index is -0.557. The molecule has 2 saturated heterocycles. The number of thioether (sulfide) groups is 1. The van der Waals surface area contributed by atoms with E-state index in [0.717, 1.165) is 12.8 Å². The average Bonchev–Trinajstić information content (AvgIpc) is 2.77. The van der Waals surface area contributed by atoms with E-state index < -0.39 is 5.82 Å². The molecule has 2 aliphatic heterocycles. The minimum absolute atomic E-state index is 0.0426. The number of hydrogen-bond donors (Lipinski definition) is 0. The summed E-state index contributed by atoms with van der Waals surface area (Å²) in [6.07, 6.45) is 4.29. The van der Waals surface area contributed by atoms with Crippen LogP contribution in [0.15, 0.2) is 18.2 Å². The first kappa shape index (κ1) is 12.7. The largest absolute Gasteiger partial charge is 0.294 e. The van der Waals surface area contributed by atoms with Crippen molar-refractivity contribution in [1.82, 2.24) is 0 Å². The maximum absolute atomic E-state index is 13.3. The molecule has 2 nitrogen and oxygen atoms in total. The highest BCUT2D eigenvalue weighted by atomic mass is 32.2. The van der Waals surface area contributed by atoms with Crippen LogP contribution in [0.25, 0.3) is 0 Å². The molecule has 2 unspecified atom stereocenters. The summed E-state index contributed by atoms with van der Waals surface area (Å²) in [6, 6.07) is 5.90. The van der Waals surface area contributed by atoms with E-state index >= 15 is 0 Å².